The molecule has 1 amide bonds. The molecule has 0 spiro atoms. The fourth-order valence-electron chi connectivity index (χ4n) is 2.93. The van der Waals surface area contributed by atoms with E-state index in [9.17, 15) is 4.79 Å². The van der Waals surface area contributed by atoms with E-state index in [2.05, 4.69) is 36.2 Å². The molecule has 0 unspecified atom stereocenters. The number of carbonyl (C=O) groups excluding carboxylic acids is 1. The van der Waals surface area contributed by atoms with Gasteiger partial charge in [-0.15, -0.1) is 0 Å². The summed E-state index contributed by atoms with van der Waals surface area (Å²) >= 11 is 0. The Morgan fingerprint density at radius 2 is 1.77 bits per heavy atom. The quantitative estimate of drug-likeness (QED) is 0.627. The number of aromatic nitrogens is 1. The first-order chi connectivity index (χ1) is 12.5. The number of carbonyl (C=O) groups is 1. The van der Waals surface area contributed by atoms with Crippen LogP contribution in [0.3, 0.4) is 0 Å². The number of benzene rings is 2. The summed E-state index contributed by atoms with van der Waals surface area (Å²) in [7, 11) is 0. The molecule has 26 heavy (non-hydrogen) atoms. The summed E-state index contributed by atoms with van der Waals surface area (Å²) in [6, 6.07) is 14.2. The molecular weight excluding hydrogens is 324 g/mol. The van der Waals surface area contributed by atoms with Gasteiger partial charge in [-0.25, -0.2) is 4.98 Å². The molecule has 1 atom stereocenters. The van der Waals surface area contributed by atoms with Gasteiger partial charge in [-0.1, -0.05) is 49.7 Å². The van der Waals surface area contributed by atoms with Gasteiger partial charge < -0.3 is 9.32 Å². The second-order valence-corrected chi connectivity index (χ2v) is 7.07. The van der Waals surface area contributed by atoms with E-state index in [4.69, 9.17) is 4.42 Å². The van der Waals surface area contributed by atoms with Gasteiger partial charge in [0.1, 0.15) is 5.52 Å². The molecule has 0 fully saturated rings. The molecule has 0 N–H and O–H groups in total. The highest BCUT2D eigenvalue weighted by molar-refractivity contribution is 5.78. The molecule has 0 bridgehead atoms. The van der Waals surface area contributed by atoms with Crippen molar-refractivity contribution in [2.45, 2.75) is 47.2 Å². The summed E-state index contributed by atoms with van der Waals surface area (Å²) in [5, 5.41) is 0. The Morgan fingerprint density at radius 3 is 2.46 bits per heavy atom. The lowest BCUT2D eigenvalue weighted by Crippen LogP contribution is -2.34. The molecule has 0 aliphatic rings. The van der Waals surface area contributed by atoms with Crippen LogP contribution in [0.4, 0.5) is 0 Å². The van der Waals surface area contributed by atoms with Gasteiger partial charge in [0, 0.05) is 12.5 Å². The van der Waals surface area contributed by atoms with Crippen molar-refractivity contribution in [2.75, 3.05) is 0 Å². The van der Waals surface area contributed by atoms with Crippen LogP contribution in [-0.4, -0.2) is 15.8 Å². The lowest BCUT2D eigenvalue weighted by Gasteiger charge is -2.24. The lowest BCUT2D eigenvalue weighted by atomic mass is 10.1. The van der Waals surface area contributed by atoms with Crippen LogP contribution in [0.5, 0.6) is 0 Å². The van der Waals surface area contributed by atoms with Crippen LogP contribution < -0.4 is 0 Å². The van der Waals surface area contributed by atoms with E-state index >= 15 is 0 Å². The summed E-state index contributed by atoms with van der Waals surface area (Å²) in [4.78, 5) is 19.3. The van der Waals surface area contributed by atoms with Crippen molar-refractivity contribution in [3.8, 4) is 0 Å². The van der Waals surface area contributed by atoms with E-state index in [0.29, 0.717) is 19.0 Å². The molecule has 0 saturated heterocycles. The first kappa shape index (κ1) is 18.2. The maximum atomic E-state index is 12.9. The minimum atomic E-state index is -0.0212. The Morgan fingerprint density at radius 1 is 1.08 bits per heavy atom. The molecule has 3 aromatic rings. The molecule has 4 nitrogen and oxygen atoms in total. The van der Waals surface area contributed by atoms with Crippen molar-refractivity contribution in [1.82, 2.24) is 9.88 Å². The van der Waals surface area contributed by atoms with Crippen LogP contribution in [0.2, 0.25) is 0 Å². The molecule has 2 aromatic carbocycles. The van der Waals surface area contributed by atoms with E-state index in [0.717, 1.165) is 28.6 Å². The van der Waals surface area contributed by atoms with E-state index in [1.54, 1.807) is 0 Å². The van der Waals surface area contributed by atoms with Crippen molar-refractivity contribution >= 4 is 17.0 Å². The van der Waals surface area contributed by atoms with Crippen LogP contribution >= 0.6 is 0 Å². The van der Waals surface area contributed by atoms with Crippen LogP contribution in [0, 0.1) is 19.8 Å². The topological polar surface area (TPSA) is 46.3 Å². The number of aryl methyl sites for hydroxylation is 2. The van der Waals surface area contributed by atoms with Crippen molar-refractivity contribution in [1.29, 1.82) is 0 Å². The van der Waals surface area contributed by atoms with E-state index in [-0.39, 0.29) is 11.8 Å². The zero-order chi connectivity index (χ0) is 18.7. The van der Waals surface area contributed by atoms with Crippen molar-refractivity contribution in [3.05, 3.63) is 65.0 Å². The molecule has 1 aromatic heterocycles. The summed E-state index contributed by atoms with van der Waals surface area (Å²) < 4.78 is 5.87. The van der Waals surface area contributed by atoms with E-state index in [1.165, 1.54) is 5.56 Å². The zero-order valence-electron chi connectivity index (χ0n) is 16.0. The molecule has 0 radical (unpaired) electrons. The minimum Gasteiger partial charge on any atom is -0.439 e. The van der Waals surface area contributed by atoms with E-state index < -0.39 is 0 Å². The van der Waals surface area contributed by atoms with Crippen molar-refractivity contribution in [3.63, 3.8) is 0 Å². The molecule has 0 aliphatic heterocycles. The largest absolute Gasteiger partial charge is 0.439 e. The number of hydrogen-bond acceptors (Lipinski definition) is 3. The molecular formula is C22H26N2O2. The average Bonchev–Trinajstić information content (AvgIpc) is 3.03. The third-order valence-electron chi connectivity index (χ3n) is 4.75. The molecule has 0 saturated carbocycles. The molecule has 1 heterocycles. The third-order valence-corrected chi connectivity index (χ3v) is 4.75. The smallest absolute Gasteiger partial charge is 0.226 e. The number of rotatable bonds is 6. The first-order valence-corrected chi connectivity index (χ1v) is 9.16. The SMILES string of the molecule is CC[C@@H](C)C(=O)N(Cc1ccc(C)cc1)Cc1nc2cc(C)ccc2o1. The highest BCUT2D eigenvalue weighted by Crippen LogP contribution is 2.20. The standard InChI is InChI=1S/C22H26N2O2/c1-5-17(4)22(25)24(13-18-9-6-15(2)7-10-18)14-21-23-19-12-16(3)8-11-20(19)26-21/h6-12,17H,5,13-14H2,1-4H3/t17-/m1/s1. The Hall–Kier alpha value is -2.62. The number of oxazole rings is 1. The zero-order valence-corrected chi connectivity index (χ0v) is 16.0. The summed E-state index contributed by atoms with van der Waals surface area (Å²) in [5.74, 6) is 0.688. The summed E-state index contributed by atoms with van der Waals surface area (Å²) in [6.45, 7) is 9.04. The van der Waals surface area contributed by atoms with Gasteiger partial charge in [0.2, 0.25) is 11.8 Å². The number of hydrogen-bond donors (Lipinski definition) is 0. The fraction of sp³-hybridized carbons (Fsp3) is 0.364. The second kappa shape index (κ2) is 7.73. The molecule has 3 rings (SSSR count). The van der Waals surface area contributed by atoms with Crippen LogP contribution in [0.15, 0.2) is 46.9 Å². The second-order valence-electron chi connectivity index (χ2n) is 7.07. The molecule has 0 aliphatic carbocycles. The van der Waals surface area contributed by atoms with Gasteiger partial charge in [0.15, 0.2) is 5.58 Å². The van der Waals surface area contributed by atoms with Crippen LogP contribution in [0.25, 0.3) is 11.1 Å². The Labute approximate surface area is 154 Å². The summed E-state index contributed by atoms with van der Waals surface area (Å²) in [6.07, 6.45) is 0.815. The van der Waals surface area contributed by atoms with Gasteiger partial charge in [-0.05, 0) is 43.5 Å². The average molecular weight is 350 g/mol. The van der Waals surface area contributed by atoms with Gasteiger partial charge in [-0.3, -0.25) is 4.79 Å². The van der Waals surface area contributed by atoms with Crippen LogP contribution in [-0.2, 0) is 17.9 Å². The highest BCUT2D eigenvalue weighted by atomic mass is 16.3. The maximum absolute atomic E-state index is 12.9. The van der Waals surface area contributed by atoms with Gasteiger partial charge >= 0.3 is 0 Å². The van der Waals surface area contributed by atoms with Crippen LogP contribution in [0.1, 0.15) is 42.8 Å². The first-order valence-electron chi connectivity index (χ1n) is 9.16. The van der Waals surface area contributed by atoms with Crippen molar-refractivity contribution < 1.29 is 9.21 Å². The molecule has 4 heteroatoms. The normalized spacial score (nSPS) is 12.3. The number of amides is 1. The third kappa shape index (κ3) is 4.13. The minimum absolute atomic E-state index is 0.0212. The monoisotopic (exact) mass is 350 g/mol. The Bertz CT molecular complexity index is 896. The predicted octanol–water partition coefficient (Wildman–Crippen LogP) is 5.02. The Kier molecular flexibility index (Phi) is 5.40. The highest BCUT2D eigenvalue weighted by Gasteiger charge is 2.22. The van der Waals surface area contributed by atoms with Gasteiger partial charge in [-0.2, -0.15) is 0 Å². The Balaban J connectivity index is 1.85. The molecule has 136 valence electrons. The lowest BCUT2D eigenvalue weighted by molar-refractivity contribution is -0.136. The predicted molar refractivity (Wildman–Crippen MR) is 104 cm³/mol. The van der Waals surface area contributed by atoms with Crippen molar-refractivity contribution in [2.24, 2.45) is 5.92 Å². The number of nitrogens with zero attached hydrogens (tertiary/aromatic N) is 2. The fourth-order valence-corrected chi connectivity index (χ4v) is 2.93. The van der Waals surface area contributed by atoms with E-state index in [1.807, 2.05) is 43.9 Å². The maximum Gasteiger partial charge on any atom is 0.226 e. The summed E-state index contributed by atoms with van der Waals surface area (Å²) in [5.41, 5.74) is 5.06. The van der Waals surface area contributed by atoms with Gasteiger partial charge in [0.05, 0.1) is 6.54 Å². The van der Waals surface area contributed by atoms with Gasteiger partial charge in [0.25, 0.3) is 0 Å². The number of fused-ring (bicyclic) bond motifs is 1.